The maximum atomic E-state index is 11.6. The number of nitrogens with two attached hydrogens (primary N) is 1. The SMILES string of the molecule is CCCS(=O)(=O)CCOc1c(C)cc(C(=N)N)cc1C. The van der Waals surface area contributed by atoms with E-state index in [1.54, 1.807) is 12.1 Å². The van der Waals surface area contributed by atoms with Crippen molar-refractivity contribution in [3.05, 3.63) is 28.8 Å². The normalized spacial score (nSPS) is 11.3. The zero-order valence-corrected chi connectivity index (χ0v) is 13.0. The summed E-state index contributed by atoms with van der Waals surface area (Å²) in [5, 5.41) is 7.42. The van der Waals surface area contributed by atoms with Crippen molar-refractivity contribution >= 4 is 15.7 Å². The second-order valence-corrected chi connectivity index (χ2v) is 7.16. The van der Waals surface area contributed by atoms with E-state index in [9.17, 15) is 8.42 Å². The first-order valence-corrected chi connectivity index (χ1v) is 8.38. The number of hydrogen-bond acceptors (Lipinski definition) is 4. The molecule has 1 aromatic carbocycles. The summed E-state index contributed by atoms with van der Waals surface area (Å²) in [4.78, 5) is 0. The van der Waals surface area contributed by atoms with Crippen LogP contribution in [0.3, 0.4) is 0 Å². The number of aryl methyl sites for hydroxylation is 2. The lowest BCUT2D eigenvalue weighted by molar-refractivity contribution is 0.336. The molecule has 0 spiro atoms. The lowest BCUT2D eigenvalue weighted by Gasteiger charge is -2.13. The van der Waals surface area contributed by atoms with Crippen molar-refractivity contribution in [2.45, 2.75) is 27.2 Å². The second kappa shape index (κ2) is 6.74. The van der Waals surface area contributed by atoms with Crippen LogP contribution in [0, 0.1) is 19.3 Å². The van der Waals surface area contributed by atoms with E-state index in [0.717, 1.165) is 11.1 Å². The Kier molecular flexibility index (Phi) is 5.56. The van der Waals surface area contributed by atoms with Crippen molar-refractivity contribution in [2.75, 3.05) is 18.1 Å². The fraction of sp³-hybridized carbons (Fsp3) is 0.500. The molecule has 0 saturated heterocycles. The molecule has 0 aliphatic carbocycles. The topological polar surface area (TPSA) is 93.2 Å². The molecule has 1 aromatic rings. The fourth-order valence-electron chi connectivity index (χ4n) is 2.02. The standard InChI is InChI=1S/C14H22N2O3S/c1-4-6-20(17,18)7-5-19-13-10(2)8-12(14(15)16)9-11(13)3/h8-9H,4-7H2,1-3H3,(H3,15,16). The number of rotatable bonds is 7. The van der Waals surface area contributed by atoms with Gasteiger partial charge in [-0.3, -0.25) is 5.41 Å². The Hall–Kier alpha value is -1.56. The second-order valence-electron chi connectivity index (χ2n) is 4.85. The molecule has 0 amide bonds. The van der Waals surface area contributed by atoms with E-state index in [1.165, 1.54) is 0 Å². The Balaban J connectivity index is 2.77. The van der Waals surface area contributed by atoms with E-state index in [1.807, 2.05) is 20.8 Å². The van der Waals surface area contributed by atoms with Crippen molar-refractivity contribution in [2.24, 2.45) is 5.73 Å². The van der Waals surface area contributed by atoms with Gasteiger partial charge in [-0.05, 0) is 43.5 Å². The van der Waals surface area contributed by atoms with Gasteiger partial charge in [0.2, 0.25) is 0 Å². The minimum atomic E-state index is -3.03. The van der Waals surface area contributed by atoms with Crippen LogP contribution >= 0.6 is 0 Å². The molecule has 0 heterocycles. The molecule has 0 aromatic heterocycles. The molecule has 20 heavy (non-hydrogen) atoms. The zero-order valence-electron chi connectivity index (χ0n) is 12.2. The van der Waals surface area contributed by atoms with Crippen molar-refractivity contribution < 1.29 is 13.2 Å². The molecule has 6 heteroatoms. The largest absolute Gasteiger partial charge is 0.492 e. The number of benzene rings is 1. The summed E-state index contributed by atoms with van der Waals surface area (Å²) in [6, 6.07) is 3.54. The third-order valence-electron chi connectivity index (χ3n) is 2.93. The zero-order chi connectivity index (χ0) is 15.3. The van der Waals surface area contributed by atoms with Gasteiger partial charge in [-0.1, -0.05) is 6.92 Å². The number of nitrogen functional groups attached to an aromatic ring is 1. The first-order chi connectivity index (χ1) is 9.26. The average Bonchev–Trinajstić information content (AvgIpc) is 2.32. The van der Waals surface area contributed by atoms with Gasteiger partial charge in [-0.15, -0.1) is 0 Å². The fourth-order valence-corrected chi connectivity index (χ4v) is 3.18. The van der Waals surface area contributed by atoms with E-state index in [0.29, 0.717) is 17.7 Å². The Bertz CT molecular complexity index is 571. The quantitative estimate of drug-likeness (QED) is 0.593. The lowest BCUT2D eigenvalue weighted by atomic mass is 10.1. The van der Waals surface area contributed by atoms with Gasteiger partial charge >= 0.3 is 0 Å². The van der Waals surface area contributed by atoms with Crippen LogP contribution < -0.4 is 10.5 Å². The van der Waals surface area contributed by atoms with Crippen molar-refractivity contribution in [1.82, 2.24) is 0 Å². The molecule has 0 unspecified atom stereocenters. The van der Waals surface area contributed by atoms with Gasteiger partial charge in [-0.25, -0.2) is 8.42 Å². The van der Waals surface area contributed by atoms with Gasteiger partial charge in [-0.2, -0.15) is 0 Å². The lowest BCUT2D eigenvalue weighted by Crippen LogP contribution is -2.17. The molecule has 5 nitrogen and oxygen atoms in total. The number of hydrogen-bond donors (Lipinski definition) is 2. The molecule has 3 N–H and O–H groups in total. The number of sulfone groups is 1. The highest BCUT2D eigenvalue weighted by molar-refractivity contribution is 7.91. The Morgan fingerprint density at radius 3 is 2.25 bits per heavy atom. The monoisotopic (exact) mass is 298 g/mol. The highest BCUT2D eigenvalue weighted by Crippen LogP contribution is 2.24. The highest BCUT2D eigenvalue weighted by atomic mass is 32.2. The summed E-state index contributed by atoms with van der Waals surface area (Å²) in [7, 11) is -3.03. The van der Waals surface area contributed by atoms with Crippen molar-refractivity contribution in [1.29, 1.82) is 5.41 Å². The summed E-state index contributed by atoms with van der Waals surface area (Å²) in [5.41, 5.74) is 7.80. The van der Waals surface area contributed by atoms with Crippen LogP contribution in [0.5, 0.6) is 5.75 Å². The summed E-state index contributed by atoms with van der Waals surface area (Å²) in [5.74, 6) is 0.890. The van der Waals surface area contributed by atoms with Gasteiger partial charge in [0.05, 0.1) is 11.5 Å². The molecule has 0 bridgehead atoms. The van der Waals surface area contributed by atoms with E-state index >= 15 is 0 Å². The molecule has 0 aliphatic heterocycles. The predicted molar refractivity (Wildman–Crippen MR) is 81.4 cm³/mol. The minimum absolute atomic E-state index is 0.00766. The van der Waals surface area contributed by atoms with E-state index in [-0.39, 0.29) is 23.9 Å². The van der Waals surface area contributed by atoms with Crippen LogP contribution in [-0.4, -0.2) is 32.4 Å². The van der Waals surface area contributed by atoms with E-state index in [2.05, 4.69) is 0 Å². The summed E-state index contributed by atoms with van der Waals surface area (Å²) in [6.07, 6.45) is 0.619. The van der Waals surface area contributed by atoms with E-state index < -0.39 is 9.84 Å². The molecular weight excluding hydrogens is 276 g/mol. The van der Waals surface area contributed by atoms with Crippen LogP contribution in [0.15, 0.2) is 12.1 Å². The van der Waals surface area contributed by atoms with Gasteiger partial charge in [0, 0.05) is 5.56 Å². The van der Waals surface area contributed by atoms with Gasteiger partial charge < -0.3 is 10.5 Å². The molecule has 0 aliphatic rings. The van der Waals surface area contributed by atoms with Crippen LogP contribution in [0.1, 0.15) is 30.0 Å². The smallest absolute Gasteiger partial charge is 0.153 e. The van der Waals surface area contributed by atoms with Crippen molar-refractivity contribution in [3.63, 3.8) is 0 Å². The molecule has 1 rings (SSSR count). The van der Waals surface area contributed by atoms with Crippen LogP contribution in [0.2, 0.25) is 0 Å². The van der Waals surface area contributed by atoms with Gasteiger partial charge in [0.15, 0.2) is 9.84 Å². The third kappa shape index (κ3) is 4.52. The number of nitrogens with one attached hydrogen (secondary N) is 1. The Morgan fingerprint density at radius 2 is 1.80 bits per heavy atom. The molecular formula is C14H22N2O3S. The minimum Gasteiger partial charge on any atom is -0.492 e. The molecule has 0 atom stereocenters. The maximum absolute atomic E-state index is 11.6. The Labute approximate surface area is 120 Å². The summed E-state index contributed by atoms with van der Waals surface area (Å²) < 4.78 is 28.8. The highest BCUT2D eigenvalue weighted by Gasteiger charge is 2.12. The average molecular weight is 298 g/mol. The summed E-state index contributed by atoms with van der Waals surface area (Å²) in [6.45, 7) is 5.70. The first kappa shape index (κ1) is 16.5. The first-order valence-electron chi connectivity index (χ1n) is 6.55. The van der Waals surface area contributed by atoms with Gasteiger partial charge in [0.25, 0.3) is 0 Å². The van der Waals surface area contributed by atoms with E-state index in [4.69, 9.17) is 15.9 Å². The molecule has 112 valence electrons. The Morgan fingerprint density at radius 1 is 1.25 bits per heavy atom. The third-order valence-corrected chi connectivity index (χ3v) is 4.75. The predicted octanol–water partition coefficient (Wildman–Crippen LogP) is 1.79. The molecule has 0 radical (unpaired) electrons. The molecule has 0 fully saturated rings. The van der Waals surface area contributed by atoms with Crippen LogP contribution in [0.4, 0.5) is 0 Å². The van der Waals surface area contributed by atoms with Crippen molar-refractivity contribution in [3.8, 4) is 5.75 Å². The summed E-state index contributed by atoms with van der Waals surface area (Å²) >= 11 is 0. The maximum Gasteiger partial charge on any atom is 0.153 e. The van der Waals surface area contributed by atoms with Gasteiger partial charge in [0.1, 0.15) is 18.2 Å². The molecule has 0 saturated carbocycles. The van der Waals surface area contributed by atoms with Crippen LogP contribution in [-0.2, 0) is 9.84 Å². The number of ether oxygens (including phenoxy) is 1. The van der Waals surface area contributed by atoms with Crippen LogP contribution in [0.25, 0.3) is 0 Å². The number of amidine groups is 1.